The van der Waals surface area contributed by atoms with Gasteiger partial charge < -0.3 is 0 Å². The highest BCUT2D eigenvalue weighted by atomic mass is 32.2. The van der Waals surface area contributed by atoms with Crippen molar-refractivity contribution in [3.05, 3.63) is 119 Å². The van der Waals surface area contributed by atoms with Gasteiger partial charge in [0.05, 0.1) is 27.3 Å². The maximum absolute atomic E-state index is 13.9. The second kappa shape index (κ2) is 11.0. The summed E-state index contributed by atoms with van der Waals surface area (Å²) in [6.07, 6.45) is 0. The molecule has 8 heteroatoms. The standard InChI is InChI=1S/C31H29N3O3S2/c1-4-34(26-13-9-6-10-14-26)39(36,37)27-17-15-25(16-18-27)30(35)33(21-24-11-7-5-8-12-24)31-32-28-19-22(2)23(3)20-29(28)38-31/h5-20H,4,21H2,1-3H3. The highest BCUT2D eigenvalue weighted by Crippen LogP contribution is 2.33. The molecule has 0 N–H and O–H groups in total. The molecule has 39 heavy (non-hydrogen) atoms. The van der Waals surface area contributed by atoms with Crippen LogP contribution >= 0.6 is 11.3 Å². The molecule has 1 amide bonds. The number of thiazole rings is 1. The summed E-state index contributed by atoms with van der Waals surface area (Å²) in [7, 11) is -3.79. The average Bonchev–Trinajstić information content (AvgIpc) is 3.35. The number of aromatic nitrogens is 1. The summed E-state index contributed by atoms with van der Waals surface area (Å²) < 4.78 is 29.2. The minimum absolute atomic E-state index is 0.130. The number of hydrogen-bond donors (Lipinski definition) is 0. The lowest BCUT2D eigenvalue weighted by molar-refractivity contribution is 0.0985. The molecular weight excluding hydrogens is 526 g/mol. The van der Waals surface area contributed by atoms with Gasteiger partial charge in [-0.25, -0.2) is 13.4 Å². The molecule has 4 aromatic carbocycles. The van der Waals surface area contributed by atoms with Crippen molar-refractivity contribution in [2.24, 2.45) is 0 Å². The molecule has 6 nitrogen and oxygen atoms in total. The fourth-order valence-electron chi connectivity index (χ4n) is 4.41. The molecule has 198 valence electrons. The first-order chi connectivity index (χ1) is 18.8. The average molecular weight is 556 g/mol. The number of amides is 1. The second-order valence-electron chi connectivity index (χ2n) is 9.31. The normalized spacial score (nSPS) is 11.5. The van der Waals surface area contributed by atoms with Crippen LogP contribution in [0.2, 0.25) is 0 Å². The molecule has 0 fully saturated rings. The van der Waals surface area contributed by atoms with E-state index in [1.54, 1.807) is 48.2 Å². The smallest absolute Gasteiger partial charge is 0.264 e. The largest absolute Gasteiger partial charge is 0.279 e. The number of para-hydroxylation sites is 1. The van der Waals surface area contributed by atoms with Crippen LogP contribution in [0, 0.1) is 13.8 Å². The zero-order valence-corrected chi connectivity index (χ0v) is 23.7. The molecule has 0 radical (unpaired) electrons. The van der Waals surface area contributed by atoms with Gasteiger partial charge in [0.25, 0.3) is 15.9 Å². The van der Waals surface area contributed by atoms with E-state index in [1.807, 2.05) is 49.4 Å². The minimum atomic E-state index is -3.79. The van der Waals surface area contributed by atoms with Crippen LogP contribution in [0.15, 0.2) is 102 Å². The van der Waals surface area contributed by atoms with Crippen LogP contribution < -0.4 is 9.21 Å². The number of fused-ring (bicyclic) bond motifs is 1. The lowest BCUT2D eigenvalue weighted by Gasteiger charge is -2.23. The van der Waals surface area contributed by atoms with Gasteiger partial charge in [-0.3, -0.25) is 14.0 Å². The number of anilines is 2. The molecule has 0 aliphatic rings. The van der Waals surface area contributed by atoms with E-state index in [1.165, 1.54) is 33.3 Å². The van der Waals surface area contributed by atoms with Crippen LogP contribution in [0.25, 0.3) is 10.2 Å². The van der Waals surface area contributed by atoms with E-state index in [0.717, 1.165) is 21.3 Å². The van der Waals surface area contributed by atoms with E-state index < -0.39 is 10.0 Å². The summed E-state index contributed by atoms with van der Waals surface area (Å²) in [5.41, 5.74) is 5.12. The van der Waals surface area contributed by atoms with Crippen LogP contribution in [0.4, 0.5) is 10.8 Å². The van der Waals surface area contributed by atoms with E-state index in [2.05, 4.69) is 13.0 Å². The Morgan fingerprint density at radius 3 is 2.10 bits per heavy atom. The Kier molecular flexibility index (Phi) is 7.50. The summed E-state index contributed by atoms with van der Waals surface area (Å²) in [4.78, 5) is 20.5. The van der Waals surface area contributed by atoms with Gasteiger partial charge in [-0.2, -0.15) is 0 Å². The lowest BCUT2D eigenvalue weighted by Crippen LogP contribution is -2.31. The topological polar surface area (TPSA) is 70.6 Å². The first-order valence-corrected chi connectivity index (χ1v) is 14.9. The third kappa shape index (κ3) is 5.44. The lowest BCUT2D eigenvalue weighted by atomic mass is 10.1. The zero-order chi connectivity index (χ0) is 27.6. The SMILES string of the molecule is CCN(c1ccccc1)S(=O)(=O)c1ccc(C(=O)N(Cc2ccccc2)c2nc3cc(C)c(C)cc3s2)cc1. The van der Waals surface area contributed by atoms with Gasteiger partial charge in [0, 0.05) is 12.1 Å². The molecule has 0 saturated heterocycles. The Morgan fingerprint density at radius 2 is 1.46 bits per heavy atom. The molecule has 0 bridgehead atoms. The summed E-state index contributed by atoms with van der Waals surface area (Å²) in [5.74, 6) is -0.245. The van der Waals surface area contributed by atoms with Crippen LogP contribution in [0.3, 0.4) is 0 Å². The van der Waals surface area contributed by atoms with E-state index in [9.17, 15) is 13.2 Å². The molecule has 0 saturated carbocycles. The van der Waals surface area contributed by atoms with Gasteiger partial charge in [0.1, 0.15) is 0 Å². The van der Waals surface area contributed by atoms with Crippen LogP contribution in [-0.2, 0) is 16.6 Å². The van der Waals surface area contributed by atoms with Crippen molar-refractivity contribution in [3.8, 4) is 0 Å². The fraction of sp³-hybridized carbons (Fsp3) is 0.161. The Hall–Kier alpha value is -4.01. The summed E-state index contributed by atoms with van der Waals surface area (Å²) in [6.45, 7) is 6.54. The van der Waals surface area contributed by atoms with Crippen molar-refractivity contribution in [2.45, 2.75) is 32.2 Å². The molecule has 5 rings (SSSR count). The number of aryl methyl sites for hydroxylation is 2. The minimum Gasteiger partial charge on any atom is -0.279 e. The molecular formula is C31H29N3O3S2. The van der Waals surface area contributed by atoms with Gasteiger partial charge in [-0.15, -0.1) is 0 Å². The molecule has 1 aromatic heterocycles. The zero-order valence-electron chi connectivity index (χ0n) is 22.0. The molecule has 0 aliphatic heterocycles. The number of rotatable bonds is 8. The molecule has 0 unspecified atom stereocenters. The Labute approximate surface area is 233 Å². The van der Waals surface area contributed by atoms with Crippen LogP contribution in [0.1, 0.15) is 34.0 Å². The molecule has 1 heterocycles. The third-order valence-corrected chi connectivity index (χ3v) is 9.63. The maximum atomic E-state index is 13.9. The maximum Gasteiger partial charge on any atom is 0.264 e. The first kappa shape index (κ1) is 26.6. The monoisotopic (exact) mass is 555 g/mol. The molecule has 5 aromatic rings. The first-order valence-electron chi connectivity index (χ1n) is 12.7. The quantitative estimate of drug-likeness (QED) is 0.207. The second-order valence-corrected chi connectivity index (χ2v) is 12.2. The van der Waals surface area contributed by atoms with Gasteiger partial charge >= 0.3 is 0 Å². The van der Waals surface area contributed by atoms with E-state index in [0.29, 0.717) is 22.9 Å². The predicted molar refractivity (Wildman–Crippen MR) is 159 cm³/mol. The highest BCUT2D eigenvalue weighted by molar-refractivity contribution is 7.92. The van der Waals surface area contributed by atoms with Crippen molar-refractivity contribution < 1.29 is 13.2 Å². The van der Waals surface area contributed by atoms with Crippen molar-refractivity contribution in [1.82, 2.24) is 4.98 Å². The molecule has 0 spiro atoms. The van der Waals surface area contributed by atoms with E-state index in [-0.39, 0.29) is 17.3 Å². The highest BCUT2D eigenvalue weighted by Gasteiger charge is 2.26. The fourth-order valence-corrected chi connectivity index (χ4v) is 6.93. The van der Waals surface area contributed by atoms with Crippen LogP contribution in [-0.4, -0.2) is 25.9 Å². The van der Waals surface area contributed by atoms with Crippen molar-refractivity contribution in [3.63, 3.8) is 0 Å². The van der Waals surface area contributed by atoms with E-state index in [4.69, 9.17) is 4.98 Å². The number of carbonyl (C=O) groups is 1. The number of sulfonamides is 1. The Balaban J connectivity index is 1.49. The summed E-state index contributed by atoms with van der Waals surface area (Å²) in [6, 6.07) is 29.0. The van der Waals surface area contributed by atoms with Gasteiger partial charge in [-0.05, 0) is 86.0 Å². The molecule has 0 aliphatic carbocycles. The molecule has 0 atom stereocenters. The predicted octanol–water partition coefficient (Wildman–Crippen LogP) is 6.98. The van der Waals surface area contributed by atoms with E-state index >= 15 is 0 Å². The van der Waals surface area contributed by atoms with Crippen molar-refractivity contribution in [1.29, 1.82) is 0 Å². The third-order valence-electron chi connectivity index (χ3n) is 6.67. The number of carbonyl (C=O) groups excluding carboxylic acids is 1. The summed E-state index contributed by atoms with van der Waals surface area (Å²) in [5, 5.41) is 0.599. The number of hydrogen-bond acceptors (Lipinski definition) is 5. The Morgan fingerprint density at radius 1 is 0.846 bits per heavy atom. The summed E-state index contributed by atoms with van der Waals surface area (Å²) >= 11 is 1.47. The number of nitrogens with zero attached hydrogens (tertiary/aromatic N) is 3. The van der Waals surface area contributed by atoms with Crippen molar-refractivity contribution in [2.75, 3.05) is 15.7 Å². The van der Waals surface area contributed by atoms with Gasteiger partial charge in [-0.1, -0.05) is 59.9 Å². The number of benzene rings is 4. The van der Waals surface area contributed by atoms with Gasteiger partial charge in [0.15, 0.2) is 5.13 Å². The van der Waals surface area contributed by atoms with Gasteiger partial charge in [0.2, 0.25) is 0 Å². The van der Waals surface area contributed by atoms with Crippen LogP contribution in [0.5, 0.6) is 0 Å². The van der Waals surface area contributed by atoms with Crippen molar-refractivity contribution >= 4 is 48.3 Å². The Bertz CT molecular complexity index is 1680.